The van der Waals surface area contributed by atoms with E-state index >= 15 is 0 Å². The standard InChI is InChI=1S/C17H14FN3O/c18-15-8-4-3-7-14(15)16-19-17(22-20-16)21-10-9-12-5-1-2-6-13(12)11-21/h1-8H,9-11H2. The first-order valence-electron chi connectivity index (χ1n) is 7.21. The van der Waals surface area contributed by atoms with Crippen molar-refractivity contribution < 1.29 is 8.91 Å². The van der Waals surface area contributed by atoms with Gasteiger partial charge in [-0.25, -0.2) is 4.39 Å². The van der Waals surface area contributed by atoms with Gasteiger partial charge in [0.05, 0.1) is 5.56 Å². The molecule has 0 bridgehead atoms. The summed E-state index contributed by atoms with van der Waals surface area (Å²) in [5, 5.41) is 3.91. The maximum Gasteiger partial charge on any atom is 0.324 e. The van der Waals surface area contributed by atoms with Crippen LogP contribution in [0, 0.1) is 5.82 Å². The predicted octanol–water partition coefficient (Wildman–Crippen LogP) is 3.44. The molecule has 0 amide bonds. The van der Waals surface area contributed by atoms with E-state index in [2.05, 4.69) is 28.3 Å². The highest BCUT2D eigenvalue weighted by Gasteiger charge is 2.21. The van der Waals surface area contributed by atoms with Gasteiger partial charge in [-0.3, -0.25) is 0 Å². The van der Waals surface area contributed by atoms with E-state index in [4.69, 9.17) is 4.52 Å². The number of anilines is 1. The molecule has 4 nitrogen and oxygen atoms in total. The van der Waals surface area contributed by atoms with E-state index in [0.29, 0.717) is 11.6 Å². The van der Waals surface area contributed by atoms with Gasteiger partial charge < -0.3 is 9.42 Å². The van der Waals surface area contributed by atoms with Gasteiger partial charge in [-0.1, -0.05) is 41.6 Å². The number of fused-ring (bicyclic) bond motifs is 1. The Kier molecular flexibility index (Phi) is 3.11. The fourth-order valence-electron chi connectivity index (χ4n) is 2.75. The van der Waals surface area contributed by atoms with E-state index in [1.165, 1.54) is 17.2 Å². The van der Waals surface area contributed by atoms with Crippen molar-refractivity contribution in [3.63, 3.8) is 0 Å². The summed E-state index contributed by atoms with van der Waals surface area (Å²) in [7, 11) is 0. The Morgan fingerprint density at radius 1 is 1.00 bits per heavy atom. The zero-order valence-corrected chi connectivity index (χ0v) is 11.9. The van der Waals surface area contributed by atoms with Gasteiger partial charge >= 0.3 is 6.01 Å². The fourth-order valence-corrected chi connectivity index (χ4v) is 2.75. The molecule has 1 aliphatic heterocycles. The number of benzene rings is 2. The summed E-state index contributed by atoms with van der Waals surface area (Å²) in [5.41, 5.74) is 2.97. The number of nitrogens with zero attached hydrogens (tertiary/aromatic N) is 3. The van der Waals surface area contributed by atoms with Gasteiger partial charge in [0.2, 0.25) is 5.82 Å². The minimum atomic E-state index is -0.348. The number of aromatic nitrogens is 2. The summed E-state index contributed by atoms with van der Waals surface area (Å²) in [6.45, 7) is 1.55. The first kappa shape index (κ1) is 13.0. The van der Waals surface area contributed by atoms with Crippen LogP contribution in [0.2, 0.25) is 0 Å². The van der Waals surface area contributed by atoms with Crippen molar-refractivity contribution in [2.45, 2.75) is 13.0 Å². The lowest BCUT2D eigenvalue weighted by atomic mass is 10.0. The van der Waals surface area contributed by atoms with Crippen LogP contribution in [0.3, 0.4) is 0 Å². The van der Waals surface area contributed by atoms with E-state index in [-0.39, 0.29) is 11.6 Å². The summed E-state index contributed by atoms with van der Waals surface area (Å²) in [6.07, 6.45) is 0.938. The molecule has 2 aromatic carbocycles. The second-order valence-corrected chi connectivity index (χ2v) is 5.32. The second-order valence-electron chi connectivity index (χ2n) is 5.32. The molecule has 22 heavy (non-hydrogen) atoms. The lowest BCUT2D eigenvalue weighted by Crippen LogP contribution is -2.30. The van der Waals surface area contributed by atoms with Crippen molar-refractivity contribution in [3.8, 4) is 11.4 Å². The highest BCUT2D eigenvalue weighted by atomic mass is 19.1. The van der Waals surface area contributed by atoms with E-state index in [0.717, 1.165) is 19.5 Å². The summed E-state index contributed by atoms with van der Waals surface area (Å²) in [4.78, 5) is 6.37. The van der Waals surface area contributed by atoms with Crippen molar-refractivity contribution in [2.75, 3.05) is 11.4 Å². The first-order chi connectivity index (χ1) is 10.8. The molecule has 2 heterocycles. The predicted molar refractivity (Wildman–Crippen MR) is 80.9 cm³/mol. The third-order valence-corrected chi connectivity index (χ3v) is 3.93. The van der Waals surface area contributed by atoms with E-state index in [9.17, 15) is 4.39 Å². The monoisotopic (exact) mass is 295 g/mol. The molecule has 0 spiro atoms. The van der Waals surface area contributed by atoms with Crippen LogP contribution in [0.15, 0.2) is 53.1 Å². The summed E-state index contributed by atoms with van der Waals surface area (Å²) >= 11 is 0. The Morgan fingerprint density at radius 2 is 1.77 bits per heavy atom. The number of halogens is 1. The number of hydrogen-bond acceptors (Lipinski definition) is 4. The van der Waals surface area contributed by atoms with Crippen LogP contribution >= 0.6 is 0 Å². The molecule has 0 atom stereocenters. The van der Waals surface area contributed by atoms with Crippen molar-refractivity contribution in [3.05, 3.63) is 65.5 Å². The first-order valence-corrected chi connectivity index (χ1v) is 7.21. The van der Waals surface area contributed by atoms with Crippen molar-refractivity contribution in [1.82, 2.24) is 10.1 Å². The molecule has 0 saturated heterocycles. The van der Waals surface area contributed by atoms with Crippen LogP contribution in [-0.4, -0.2) is 16.7 Å². The van der Waals surface area contributed by atoms with Gasteiger partial charge in [-0.05, 0) is 29.7 Å². The topological polar surface area (TPSA) is 42.2 Å². The zero-order chi connectivity index (χ0) is 14.9. The molecule has 0 saturated carbocycles. The largest absolute Gasteiger partial charge is 0.324 e. The zero-order valence-electron chi connectivity index (χ0n) is 11.9. The summed E-state index contributed by atoms with van der Waals surface area (Å²) in [5.74, 6) is -0.0641. The lowest BCUT2D eigenvalue weighted by Gasteiger charge is -2.26. The number of rotatable bonds is 2. The Hall–Kier alpha value is -2.69. The third kappa shape index (κ3) is 2.24. The molecule has 110 valence electrons. The van der Waals surface area contributed by atoms with E-state index < -0.39 is 0 Å². The van der Waals surface area contributed by atoms with Crippen LogP contribution in [0.25, 0.3) is 11.4 Å². The Labute approximate surface area is 127 Å². The Bertz CT molecular complexity index is 815. The molecule has 5 heteroatoms. The van der Waals surface area contributed by atoms with Crippen LogP contribution in [0.4, 0.5) is 10.4 Å². The summed E-state index contributed by atoms with van der Waals surface area (Å²) < 4.78 is 19.1. The van der Waals surface area contributed by atoms with Crippen LogP contribution in [0.5, 0.6) is 0 Å². The second kappa shape index (κ2) is 5.26. The van der Waals surface area contributed by atoms with Gasteiger partial charge in [0.15, 0.2) is 0 Å². The molecule has 0 N–H and O–H groups in total. The Balaban J connectivity index is 1.62. The SMILES string of the molecule is Fc1ccccc1-c1noc(N2CCc3ccccc3C2)n1. The number of hydrogen-bond donors (Lipinski definition) is 0. The van der Waals surface area contributed by atoms with Gasteiger partial charge in [-0.15, -0.1) is 0 Å². The maximum atomic E-state index is 13.8. The van der Waals surface area contributed by atoms with Gasteiger partial charge in [0, 0.05) is 13.1 Å². The maximum absolute atomic E-state index is 13.8. The Morgan fingerprint density at radius 3 is 2.64 bits per heavy atom. The molecule has 1 aliphatic rings. The molecular weight excluding hydrogens is 281 g/mol. The normalized spacial score (nSPS) is 14.0. The summed E-state index contributed by atoms with van der Waals surface area (Å²) in [6, 6.07) is 15.2. The smallest absolute Gasteiger partial charge is 0.320 e. The average molecular weight is 295 g/mol. The van der Waals surface area contributed by atoms with Gasteiger partial charge in [-0.2, -0.15) is 4.98 Å². The van der Waals surface area contributed by atoms with Crippen LogP contribution in [0.1, 0.15) is 11.1 Å². The fraction of sp³-hybridized carbons (Fsp3) is 0.176. The molecule has 1 aromatic heterocycles. The highest BCUT2D eigenvalue weighted by Crippen LogP contribution is 2.26. The van der Waals surface area contributed by atoms with E-state index in [1.54, 1.807) is 18.2 Å². The third-order valence-electron chi connectivity index (χ3n) is 3.93. The van der Waals surface area contributed by atoms with Crippen molar-refractivity contribution >= 4 is 6.01 Å². The van der Waals surface area contributed by atoms with Crippen molar-refractivity contribution in [1.29, 1.82) is 0 Å². The molecular formula is C17H14FN3O. The molecule has 4 rings (SSSR count). The van der Waals surface area contributed by atoms with Gasteiger partial charge in [0.1, 0.15) is 5.82 Å². The molecule has 3 aromatic rings. The highest BCUT2D eigenvalue weighted by molar-refractivity contribution is 5.56. The average Bonchev–Trinajstić information content (AvgIpc) is 3.04. The molecule has 0 unspecified atom stereocenters. The lowest BCUT2D eigenvalue weighted by molar-refractivity contribution is 0.410. The van der Waals surface area contributed by atoms with E-state index in [1.807, 2.05) is 11.0 Å². The molecule has 0 radical (unpaired) electrons. The van der Waals surface area contributed by atoms with Crippen LogP contribution < -0.4 is 4.90 Å². The van der Waals surface area contributed by atoms with Crippen molar-refractivity contribution in [2.24, 2.45) is 0 Å². The minimum Gasteiger partial charge on any atom is -0.320 e. The minimum absolute atomic E-state index is 0.284. The molecule has 0 aliphatic carbocycles. The molecule has 0 fully saturated rings. The van der Waals surface area contributed by atoms with Crippen LogP contribution in [-0.2, 0) is 13.0 Å². The van der Waals surface area contributed by atoms with Gasteiger partial charge in [0.25, 0.3) is 0 Å². The quantitative estimate of drug-likeness (QED) is 0.726.